The fourth-order valence-electron chi connectivity index (χ4n) is 1.68. The molecule has 1 rings (SSSR count). The van der Waals surface area contributed by atoms with Gasteiger partial charge in [-0.05, 0) is 40.3 Å². The van der Waals surface area contributed by atoms with Crippen molar-refractivity contribution in [3.63, 3.8) is 0 Å². The lowest BCUT2D eigenvalue weighted by Crippen LogP contribution is -2.42. The average Bonchev–Trinajstić information content (AvgIpc) is 2.26. The maximum Gasteiger partial charge on any atom is 0.0594 e. The minimum atomic E-state index is 0.0605. The van der Waals surface area contributed by atoms with Gasteiger partial charge >= 0.3 is 0 Å². The Morgan fingerprint density at radius 2 is 2.00 bits per heavy atom. The first kappa shape index (κ1) is 13.7. The van der Waals surface area contributed by atoms with Gasteiger partial charge in [0.15, 0.2) is 0 Å². The van der Waals surface area contributed by atoms with Crippen LogP contribution in [0.15, 0.2) is 12.2 Å². The zero-order valence-electron chi connectivity index (χ0n) is 11.0. The van der Waals surface area contributed by atoms with Gasteiger partial charge < -0.3 is 10.1 Å². The standard InChI is InChI=1S/C13H26N2O/c1-12(2)13(3,4)14-6-5-7-15-8-10-16-11-9-15/h14H,1,5-11H2,2-4H3. The summed E-state index contributed by atoms with van der Waals surface area (Å²) in [6, 6.07) is 0. The second-order valence-electron chi connectivity index (χ2n) is 5.14. The van der Waals surface area contributed by atoms with E-state index < -0.39 is 0 Å². The Kier molecular flexibility index (Phi) is 5.46. The predicted octanol–water partition coefficient (Wildman–Crippen LogP) is 1.65. The first-order valence-electron chi connectivity index (χ1n) is 6.23. The van der Waals surface area contributed by atoms with Crippen molar-refractivity contribution in [2.45, 2.75) is 32.7 Å². The first-order chi connectivity index (χ1) is 7.52. The van der Waals surface area contributed by atoms with Crippen LogP contribution in [-0.4, -0.2) is 49.8 Å². The van der Waals surface area contributed by atoms with E-state index in [0.29, 0.717) is 0 Å². The maximum absolute atomic E-state index is 5.32. The molecule has 1 aliphatic heterocycles. The summed E-state index contributed by atoms with van der Waals surface area (Å²) in [5.41, 5.74) is 1.25. The molecule has 1 fully saturated rings. The first-order valence-corrected chi connectivity index (χ1v) is 6.23. The molecule has 0 spiro atoms. The molecule has 0 aromatic rings. The lowest BCUT2D eigenvalue weighted by atomic mass is 9.97. The molecule has 1 aliphatic rings. The summed E-state index contributed by atoms with van der Waals surface area (Å²) in [6.45, 7) is 16.6. The van der Waals surface area contributed by atoms with Gasteiger partial charge in [-0.2, -0.15) is 0 Å². The molecular weight excluding hydrogens is 200 g/mol. The fourth-order valence-corrected chi connectivity index (χ4v) is 1.68. The molecule has 3 heteroatoms. The molecular formula is C13H26N2O. The molecule has 16 heavy (non-hydrogen) atoms. The van der Waals surface area contributed by atoms with Gasteiger partial charge in [0.05, 0.1) is 13.2 Å². The quantitative estimate of drug-likeness (QED) is 0.550. The van der Waals surface area contributed by atoms with E-state index in [0.717, 1.165) is 32.8 Å². The molecule has 3 nitrogen and oxygen atoms in total. The Balaban J connectivity index is 2.09. The Morgan fingerprint density at radius 1 is 1.38 bits per heavy atom. The summed E-state index contributed by atoms with van der Waals surface area (Å²) in [5, 5.41) is 3.54. The fraction of sp³-hybridized carbons (Fsp3) is 0.846. The molecule has 0 atom stereocenters. The third kappa shape index (κ3) is 4.64. The highest BCUT2D eigenvalue weighted by molar-refractivity contribution is 5.09. The van der Waals surface area contributed by atoms with Crippen LogP contribution in [-0.2, 0) is 4.74 Å². The van der Waals surface area contributed by atoms with Gasteiger partial charge in [0.1, 0.15) is 0 Å². The van der Waals surface area contributed by atoms with E-state index in [9.17, 15) is 0 Å². The van der Waals surface area contributed by atoms with Crippen molar-refractivity contribution < 1.29 is 4.74 Å². The van der Waals surface area contributed by atoms with Gasteiger partial charge in [0.2, 0.25) is 0 Å². The Hall–Kier alpha value is -0.380. The number of morpholine rings is 1. The molecule has 0 radical (unpaired) electrons. The monoisotopic (exact) mass is 226 g/mol. The van der Waals surface area contributed by atoms with E-state index in [1.165, 1.54) is 18.5 Å². The van der Waals surface area contributed by atoms with Crippen LogP contribution in [0.4, 0.5) is 0 Å². The van der Waals surface area contributed by atoms with Crippen molar-refractivity contribution in [2.75, 3.05) is 39.4 Å². The second-order valence-corrected chi connectivity index (χ2v) is 5.14. The molecule has 0 bridgehead atoms. The Labute approximate surface area is 99.8 Å². The van der Waals surface area contributed by atoms with Gasteiger partial charge in [0.25, 0.3) is 0 Å². The van der Waals surface area contributed by atoms with E-state index in [-0.39, 0.29) is 5.54 Å². The normalized spacial score (nSPS) is 18.7. The number of ether oxygens (including phenoxy) is 1. The topological polar surface area (TPSA) is 24.5 Å². The van der Waals surface area contributed by atoms with Crippen LogP contribution in [0.2, 0.25) is 0 Å². The van der Waals surface area contributed by atoms with Crippen LogP contribution in [0.3, 0.4) is 0 Å². The van der Waals surface area contributed by atoms with Crippen LogP contribution >= 0.6 is 0 Å². The van der Waals surface area contributed by atoms with E-state index in [1.54, 1.807) is 0 Å². The predicted molar refractivity (Wildman–Crippen MR) is 68.8 cm³/mol. The number of nitrogens with one attached hydrogen (secondary N) is 1. The number of hydrogen-bond donors (Lipinski definition) is 1. The lowest BCUT2D eigenvalue weighted by molar-refractivity contribution is 0.0373. The second kappa shape index (κ2) is 6.38. The molecule has 0 amide bonds. The minimum Gasteiger partial charge on any atom is -0.379 e. The van der Waals surface area contributed by atoms with Gasteiger partial charge in [-0.15, -0.1) is 0 Å². The third-order valence-corrected chi connectivity index (χ3v) is 3.39. The van der Waals surface area contributed by atoms with Crippen LogP contribution in [0, 0.1) is 0 Å². The molecule has 0 saturated carbocycles. The Morgan fingerprint density at radius 3 is 2.56 bits per heavy atom. The summed E-state index contributed by atoms with van der Waals surface area (Å²) in [5.74, 6) is 0. The molecule has 0 aliphatic carbocycles. The molecule has 1 N–H and O–H groups in total. The smallest absolute Gasteiger partial charge is 0.0594 e. The molecule has 1 heterocycles. The third-order valence-electron chi connectivity index (χ3n) is 3.39. The van der Waals surface area contributed by atoms with Crippen molar-refractivity contribution in [1.82, 2.24) is 10.2 Å². The van der Waals surface area contributed by atoms with Crippen molar-refractivity contribution in [3.8, 4) is 0 Å². The molecule has 0 aromatic heterocycles. The summed E-state index contributed by atoms with van der Waals surface area (Å²) in [7, 11) is 0. The lowest BCUT2D eigenvalue weighted by Gasteiger charge is -2.29. The highest BCUT2D eigenvalue weighted by Crippen LogP contribution is 2.12. The average molecular weight is 226 g/mol. The number of hydrogen-bond acceptors (Lipinski definition) is 3. The number of rotatable bonds is 6. The number of nitrogens with zero attached hydrogens (tertiary/aromatic N) is 1. The van der Waals surface area contributed by atoms with Crippen molar-refractivity contribution in [2.24, 2.45) is 0 Å². The summed E-state index contributed by atoms with van der Waals surface area (Å²) in [4.78, 5) is 2.47. The van der Waals surface area contributed by atoms with Crippen molar-refractivity contribution >= 4 is 0 Å². The summed E-state index contributed by atoms with van der Waals surface area (Å²) in [6.07, 6.45) is 1.19. The van der Waals surface area contributed by atoms with E-state index in [1.807, 2.05) is 0 Å². The molecule has 0 unspecified atom stereocenters. The van der Waals surface area contributed by atoms with E-state index in [2.05, 4.69) is 37.6 Å². The zero-order valence-corrected chi connectivity index (χ0v) is 11.0. The van der Waals surface area contributed by atoms with Crippen LogP contribution < -0.4 is 5.32 Å². The summed E-state index contributed by atoms with van der Waals surface area (Å²) < 4.78 is 5.32. The minimum absolute atomic E-state index is 0.0605. The van der Waals surface area contributed by atoms with E-state index >= 15 is 0 Å². The summed E-state index contributed by atoms with van der Waals surface area (Å²) >= 11 is 0. The van der Waals surface area contributed by atoms with Crippen LogP contribution in [0.25, 0.3) is 0 Å². The molecule has 94 valence electrons. The highest BCUT2D eigenvalue weighted by atomic mass is 16.5. The van der Waals surface area contributed by atoms with Gasteiger partial charge in [-0.25, -0.2) is 0 Å². The van der Waals surface area contributed by atoms with Gasteiger partial charge in [-0.1, -0.05) is 12.2 Å². The zero-order chi connectivity index (χ0) is 12.0. The largest absolute Gasteiger partial charge is 0.379 e. The van der Waals surface area contributed by atoms with Gasteiger partial charge in [-0.3, -0.25) is 4.90 Å². The molecule has 1 saturated heterocycles. The van der Waals surface area contributed by atoms with Crippen LogP contribution in [0.5, 0.6) is 0 Å². The van der Waals surface area contributed by atoms with Crippen LogP contribution in [0.1, 0.15) is 27.2 Å². The SMILES string of the molecule is C=C(C)C(C)(C)NCCCN1CCOCC1. The maximum atomic E-state index is 5.32. The molecule has 0 aromatic carbocycles. The van der Waals surface area contributed by atoms with E-state index in [4.69, 9.17) is 4.74 Å². The van der Waals surface area contributed by atoms with Crippen molar-refractivity contribution in [3.05, 3.63) is 12.2 Å². The van der Waals surface area contributed by atoms with Gasteiger partial charge in [0, 0.05) is 18.6 Å². The van der Waals surface area contributed by atoms with Crippen molar-refractivity contribution in [1.29, 1.82) is 0 Å². The Bertz CT molecular complexity index is 220. The highest BCUT2D eigenvalue weighted by Gasteiger charge is 2.17.